The molecule has 0 spiro atoms. The molecule has 0 amide bonds. The van der Waals surface area contributed by atoms with E-state index in [1.54, 1.807) is 0 Å². The summed E-state index contributed by atoms with van der Waals surface area (Å²) in [4.78, 5) is 53.8. The zero-order valence-corrected chi connectivity index (χ0v) is 20.3. The molecule has 2 rings (SSSR count). The number of phosphoric acid groups is 3. The van der Waals surface area contributed by atoms with Crippen molar-refractivity contribution in [3.63, 3.8) is 0 Å². The Kier molecular flexibility index (Phi) is 8.82. The minimum atomic E-state index is -5.85. The van der Waals surface area contributed by atoms with Crippen molar-refractivity contribution in [1.82, 2.24) is 14.5 Å². The second-order valence-corrected chi connectivity index (χ2v) is 11.5. The lowest BCUT2D eigenvalue weighted by Gasteiger charge is -2.33. The maximum Gasteiger partial charge on any atom is 0.490 e. The van der Waals surface area contributed by atoms with Gasteiger partial charge in [-0.1, -0.05) is 0 Å². The Labute approximate surface area is 193 Å². The Balaban J connectivity index is 2.29. The summed E-state index contributed by atoms with van der Waals surface area (Å²) in [6.45, 7) is -0.132. The minimum Gasteiger partial charge on any atom is -0.369 e. The summed E-state index contributed by atoms with van der Waals surface area (Å²) in [5.74, 6) is -0.386. The highest BCUT2D eigenvalue weighted by molar-refractivity contribution is 7.66. The number of ether oxygens (including phenoxy) is 1. The number of phosphoric ester groups is 1. The molecular weight excluding hydrogens is 551 g/mol. The number of halogens is 2. The van der Waals surface area contributed by atoms with Crippen LogP contribution in [-0.2, 0) is 31.6 Å². The van der Waals surface area contributed by atoms with Gasteiger partial charge < -0.3 is 39.7 Å². The van der Waals surface area contributed by atoms with E-state index in [0.717, 1.165) is 30.7 Å². The van der Waals surface area contributed by atoms with Crippen molar-refractivity contribution in [2.75, 3.05) is 12.4 Å². The number of aliphatic hydroxyl groups is 1. The van der Waals surface area contributed by atoms with E-state index in [-0.39, 0.29) is 17.0 Å². The molecule has 35 heavy (non-hydrogen) atoms. The summed E-state index contributed by atoms with van der Waals surface area (Å²) in [5.41, 5.74) is 1.56. The van der Waals surface area contributed by atoms with Crippen LogP contribution in [0.1, 0.15) is 20.1 Å². The minimum absolute atomic E-state index is 0.113. The van der Waals surface area contributed by atoms with Gasteiger partial charge in [-0.05, 0) is 19.9 Å². The van der Waals surface area contributed by atoms with Crippen LogP contribution in [0.15, 0.2) is 17.1 Å². The first-order valence-electron chi connectivity index (χ1n) is 9.04. The maximum absolute atomic E-state index is 15.0. The lowest BCUT2D eigenvalue weighted by molar-refractivity contribution is -0.231. The molecule has 2 aromatic rings. The van der Waals surface area contributed by atoms with Crippen LogP contribution in [0.3, 0.4) is 0 Å². The molecule has 0 aromatic carbocycles. The molecule has 17 nitrogen and oxygen atoms in total. The molecule has 2 unspecified atom stereocenters. The van der Waals surface area contributed by atoms with Crippen LogP contribution < -0.4 is 11.3 Å². The summed E-state index contributed by atoms with van der Waals surface area (Å²) >= 11 is 0. The quantitative estimate of drug-likeness (QED) is 0.135. The zero-order valence-electron chi connectivity index (χ0n) is 17.7. The Bertz CT molecular complexity index is 1260. The smallest absolute Gasteiger partial charge is 0.369 e. The third-order valence-electron chi connectivity index (χ3n) is 4.01. The second kappa shape index (κ2) is 10.4. The van der Waals surface area contributed by atoms with Gasteiger partial charge in [0.05, 0.1) is 5.39 Å². The second-order valence-electron chi connectivity index (χ2n) is 7.10. The normalized spacial score (nSPS) is 20.5. The summed E-state index contributed by atoms with van der Waals surface area (Å²) in [7, 11) is -17.2. The van der Waals surface area contributed by atoms with E-state index >= 15 is 4.39 Å². The van der Waals surface area contributed by atoms with E-state index in [2.05, 4.69) is 23.1 Å². The molecule has 200 valence electrons. The number of hydrogen-bond donors (Lipinski definition) is 7. The number of aromatic amines is 1. The van der Waals surface area contributed by atoms with Crippen LogP contribution in [-0.4, -0.2) is 64.0 Å². The van der Waals surface area contributed by atoms with Crippen LogP contribution >= 0.6 is 23.5 Å². The van der Waals surface area contributed by atoms with E-state index in [9.17, 15) is 32.9 Å². The molecule has 0 bridgehead atoms. The number of aliphatic hydroxyl groups excluding tert-OH is 1. The van der Waals surface area contributed by atoms with Gasteiger partial charge in [0.1, 0.15) is 12.8 Å². The highest BCUT2D eigenvalue weighted by Gasteiger charge is 2.44. The Hall–Kier alpha value is -1.59. The fourth-order valence-corrected chi connectivity index (χ4v) is 5.80. The highest BCUT2D eigenvalue weighted by Crippen LogP contribution is 2.66. The van der Waals surface area contributed by atoms with Gasteiger partial charge in [-0.25, -0.2) is 22.5 Å². The van der Waals surface area contributed by atoms with E-state index in [1.165, 1.54) is 0 Å². The van der Waals surface area contributed by atoms with Crippen LogP contribution in [0.4, 0.5) is 14.7 Å². The molecule has 22 heteroatoms. The van der Waals surface area contributed by atoms with Gasteiger partial charge in [-0.15, -0.1) is 0 Å². The number of anilines is 1. The number of H-pyrrole nitrogens is 1. The van der Waals surface area contributed by atoms with Gasteiger partial charge in [0.2, 0.25) is 5.95 Å². The first-order valence-corrected chi connectivity index (χ1v) is 13.6. The van der Waals surface area contributed by atoms with Crippen LogP contribution in [0.2, 0.25) is 0 Å². The zero-order chi connectivity index (χ0) is 27.0. The Morgan fingerprint density at radius 2 is 1.83 bits per heavy atom. The van der Waals surface area contributed by atoms with Gasteiger partial charge in [0.25, 0.3) is 5.56 Å². The summed E-state index contributed by atoms with van der Waals surface area (Å²) in [6.07, 6.45) is -5.38. The molecule has 0 aliphatic rings. The van der Waals surface area contributed by atoms with Crippen molar-refractivity contribution in [3.8, 4) is 0 Å². The number of nitrogens with two attached hydrogens (primary N) is 1. The summed E-state index contributed by atoms with van der Waals surface area (Å²) in [5, 5.41) is 10.1. The van der Waals surface area contributed by atoms with Crippen LogP contribution in [0, 0.1) is 0 Å². The summed E-state index contributed by atoms with van der Waals surface area (Å²) < 4.78 is 79.8. The molecular formula is C13H21F2N4O13P3. The van der Waals surface area contributed by atoms with Crippen molar-refractivity contribution < 1.29 is 65.0 Å². The van der Waals surface area contributed by atoms with Crippen molar-refractivity contribution in [1.29, 1.82) is 0 Å². The number of nitrogens with zero attached hydrogens (tertiary/aromatic N) is 2. The van der Waals surface area contributed by atoms with Gasteiger partial charge in [-0.3, -0.25) is 14.3 Å². The van der Waals surface area contributed by atoms with Gasteiger partial charge >= 0.3 is 23.5 Å². The fraction of sp³-hybridized carbons (Fsp3) is 0.538. The van der Waals surface area contributed by atoms with Crippen molar-refractivity contribution in [3.05, 3.63) is 22.6 Å². The first-order chi connectivity index (χ1) is 15.8. The first kappa shape index (κ1) is 29.6. The largest absolute Gasteiger partial charge is 0.490 e. The number of alkyl halides is 2. The molecule has 2 heterocycles. The topological polar surface area (TPSA) is 266 Å². The Morgan fingerprint density at radius 3 is 2.37 bits per heavy atom. The van der Waals surface area contributed by atoms with E-state index in [0.29, 0.717) is 0 Å². The van der Waals surface area contributed by atoms with Crippen molar-refractivity contribution in [2.45, 2.75) is 38.1 Å². The average molecular weight is 572 g/mol. The van der Waals surface area contributed by atoms with E-state index < -0.39 is 60.0 Å². The number of nitrogen functional groups attached to an aromatic ring is 1. The van der Waals surface area contributed by atoms with Gasteiger partial charge in [0, 0.05) is 6.20 Å². The lowest BCUT2D eigenvalue weighted by atomic mass is 10.1. The third kappa shape index (κ3) is 7.95. The fourth-order valence-electron chi connectivity index (χ4n) is 2.62. The molecule has 8 N–H and O–H groups in total. The molecule has 0 aliphatic heterocycles. The molecule has 2 aromatic heterocycles. The molecule has 6 atom stereocenters. The lowest BCUT2D eigenvalue weighted by Crippen LogP contribution is -2.41. The number of hydrogen-bond acceptors (Lipinski definition) is 11. The molecule has 0 saturated carbocycles. The van der Waals surface area contributed by atoms with Crippen molar-refractivity contribution in [2.24, 2.45) is 0 Å². The number of nitrogens with one attached hydrogen (secondary N) is 1. The Morgan fingerprint density at radius 1 is 1.23 bits per heavy atom. The molecule has 0 aliphatic carbocycles. The van der Waals surface area contributed by atoms with Crippen molar-refractivity contribution >= 4 is 40.4 Å². The number of rotatable bonds is 12. The molecule has 0 radical (unpaired) electrons. The third-order valence-corrected chi connectivity index (χ3v) is 7.94. The van der Waals surface area contributed by atoms with Crippen LogP contribution in [0.25, 0.3) is 11.0 Å². The van der Waals surface area contributed by atoms with Gasteiger partial charge in [0.15, 0.2) is 23.8 Å². The monoisotopic (exact) mass is 572 g/mol. The van der Waals surface area contributed by atoms with Gasteiger partial charge in [-0.2, -0.15) is 13.6 Å². The standard InChI is InChI=1S/C13H21F2N4O13P3/c1-6(30-34(25,26)32-35(27,28)31-33(22,23)24)10(21)29-11(13(2,15)5-14)19-4-3-7-8(19)17-12(16)18-9(7)20/h3-4,6,10-11,21H,5H2,1-2H3,(H,25,26)(H,27,28)(H2,22,23,24)(H3,16,17,18,20)/t6-,10+,11+,13-/m0/s1. The maximum atomic E-state index is 15.0. The molecule has 0 saturated heterocycles. The van der Waals surface area contributed by atoms with E-state index in [4.69, 9.17) is 25.2 Å². The number of aromatic nitrogens is 3. The average Bonchev–Trinajstić information content (AvgIpc) is 3.05. The predicted octanol–water partition coefficient (Wildman–Crippen LogP) is 0.570. The number of fused-ring (bicyclic) bond motifs is 1. The molecule has 0 fully saturated rings. The van der Waals surface area contributed by atoms with E-state index in [1.807, 2.05) is 0 Å². The van der Waals surface area contributed by atoms with Crippen LogP contribution in [0.5, 0.6) is 0 Å². The SMILES string of the molecule is C[C@H](OP(=O)(O)OP(=O)(O)OP(=O)(O)O)[C@H](O)O[C@@H](n1ccc2c(=O)[nH]c(N)nc21)[C@@](C)(F)CF. The highest BCUT2D eigenvalue weighted by atomic mass is 31.3. The summed E-state index contributed by atoms with van der Waals surface area (Å²) in [6, 6.07) is 1.16. The predicted molar refractivity (Wildman–Crippen MR) is 111 cm³/mol.